The lowest BCUT2D eigenvalue weighted by Gasteiger charge is -2.47. The molecule has 3 aliphatic rings. The average Bonchev–Trinajstić information content (AvgIpc) is 2.79. The molecule has 212 valence electrons. The van der Waals surface area contributed by atoms with E-state index in [0.29, 0.717) is 31.6 Å². The number of benzene rings is 1. The zero-order valence-electron chi connectivity index (χ0n) is 20.4. The molecule has 6 nitrogen and oxygen atoms in total. The molecular weight excluding hydrogens is 574 g/mol. The van der Waals surface area contributed by atoms with Gasteiger partial charge in [-0.3, -0.25) is 14.5 Å². The number of piperidine rings is 2. The van der Waals surface area contributed by atoms with Gasteiger partial charge in [0.15, 0.2) is 0 Å². The largest absolute Gasteiger partial charge is 0.390 e. The Bertz CT molecular complexity index is 1020. The van der Waals surface area contributed by atoms with Crippen molar-refractivity contribution in [3.63, 3.8) is 0 Å². The Kier molecular flexibility index (Phi) is 8.96. The van der Waals surface area contributed by atoms with E-state index < -0.39 is 48.4 Å². The van der Waals surface area contributed by atoms with Crippen molar-refractivity contribution in [2.45, 2.75) is 61.5 Å². The highest BCUT2D eigenvalue weighted by Gasteiger charge is 2.39. The van der Waals surface area contributed by atoms with Crippen molar-refractivity contribution in [3.05, 3.63) is 27.7 Å². The van der Waals surface area contributed by atoms with Crippen molar-refractivity contribution < 1.29 is 31.5 Å². The smallest absolute Gasteiger partial charge is 0.380 e. The molecule has 3 heterocycles. The van der Waals surface area contributed by atoms with Crippen LogP contribution in [0.1, 0.15) is 42.5 Å². The summed E-state index contributed by atoms with van der Waals surface area (Å²) >= 11 is 16.6. The van der Waals surface area contributed by atoms with E-state index in [9.17, 15) is 31.5 Å². The third kappa shape index (κ3) is 7.17. The average molecular weight is 603 g/mol. The number of nitrogens with zero attached hydrogens (tertiary/aromatic N) is 3. The van der Waals surface area contributed by atoms with Gasteiger partial charge in [0.1, 0.15) is 0 Å². The molecule has 1 unspecified atom stereocenters. The molecule has 0 aliphatic carbocycles. The molecule has 38 heavy (non-hydrogen) atoms. The van der Waals surface area contributed by atoms with E-state index in [1.807, 2.05) is 0 Å². The topological polar surface area (TPSA) is 55.9 Å². The van der Waals surface area contributed by atoms with Gasteiger partial charge >= 0.3 is 6.18 Å². The minimum absolute atomic E-state index is 0.0632. The lowest BCUT2D eigenvalue weighted by Crippen LogP contribution is -2.60. The zero-order valence-corrected chi connectivity index (χ0v) is 22.8. The number of likely N-dealkylation sites (tertiary alicyclic amines) is 3. The Labute approximate surface area is 233 Å². The molecule has 1 aromatic rings. The molecule has 3 saturated heterocycles. The number of carbonyl (C=O) groups is 2. The molecule has 0 aromatic heterocycles. The first-order valence-corrected chi connectivity index (χ1v) is 13.7. The van der Waals surface area contributed by atoms with E-state index >= 15 is 0 Å². The highest BCUT2D eigenvalue weighted by molar-refractivity contribution is 7.81. The van der Waals surface area contributed by atoms with Crippen LogP contribution in [0.15, 0.2) is 12.1 Å². The SMILES string of the molecule is O=C(c1c(Cl)cc(NC2CN(C3CCN(C(=O)C(S)CC(F)(F)F)CC3)C2)cc1Cl)N1CCC(F)(F)CC1. The number of halogens is 7. The minimum atomic E-state index is -4.43. The van der Waals surface area contributed by atoms with Crippen LogP contribution in [0.4, 0.5) is 27.6 Å². The maximum atomic E-state index is 13.4. The van der Waals surface area contributed by atoms with Crippen molar-refractivity contribution in [3.8, 4) is 0 Å². The summed E-state index contributed by atoms with van der Waals surface area (Å²) in [6.07, 6.45) is -5.12. The van der Waals surface area contributed by atoms with Crippen LogP contribution in [0.2, 0.25) is 10.0 Å². The summed E-state index contributed by atoms with van der Waals surface area (Å²) in [5.41, 5.74) is 0.732. The van der Waals surface area contributed by atoms with Gasteiger partial charge in [-0.05, 0) is 25.0 Å². The van der Waals surface area contributed by atoms with Crippen LogP contribution >= 0.6 is 35.8 Å². The lowest BCUT2D eigenvalue weighted by molar-refractivity contribution is -0.148. The fraction of sp³-hybridized carbons (Fsp3) is 0.667. The van der Waals surface area contributed by atoms with E-state index in [0.717, 1.165) is 13.1 Å². The van der Waals surface area contributed by atoms with Crippen molar-refractivity contribution in [2.24, 2.45) is 0 Å². The molecule has 3 aliphatic heterocycles. The van der Waals surface area contributed by atoms with Gasteiger partial charge in [0, 0.05) is 63.8 Å². The van der Waals surface area contributed by atoms with Crippen LogP contribution in [0.25, 0.3) is 0 Å². The Balaban J connectivity index is 1.24. The number of hydrogen-bond acceptors (Lipinski definition) is 5. The van der Waals surface area contributed by atoms with E-state index in [-0.39, 0.29) is 40.8 Å². The summed E-state index contributed by atoms with van der Waals surface area (Å²) in [4.78, 5) is 30.2. The summed E-state index contributed by atoms with van der Waals surface area (Å²) in [5.74, 6) is -3.82. The fourth-order valence-corrected chi connectivity index (χ4v) is 6.18. The molecular formula is C24H29Cl2F5N4O2S. The van der Waals surface area contributed by atoms with Gasteiger partial charge in [-0.15, -0.1) is 0 Å². The van der Waals surface area contributed by atoms with Crippen LogP contribution in [0.5, 0.6) is 0 Å². The number of amides is 2. The van der Waals surface area contributed by atoms with Crippen molar-refractivity contribution >= 4 is 53.3 Å². The maximum absolute atomic E-state index is 13.4. The van der Waals surface area contributed by atoms with E-state index in [1.165, 1.54) is 9.80 Å². The van der Waals surface area contributed by atoms with Crippen molar-refractivity contribution in [1.82, 2.24) is 14.7 Å². The molecule has 2 amide bonds. The van der Waals surface area contributed by atoms with Crippen LogP contribution in [-0.2, 0) is 4.79 Å². The van der Waals surface area contributed by atoms with E-state index in [4.69, 9.17) is 23.2 Å². The second-order valence-corrected chi connectivity index (χ2v) is 11.6. The predicted octanol–water partition coefficient (Wildman–Crippen LogP) is 5.20. The summed E-state index contributed by atoms with van der Waals surface area (Å²) in [7, 11) is 0. The number of alkyl halides is 5. The molecule has 3 fully saturated rings. The van der Waals surface area contributed by atoms with Crippen LogP contribution in [-0.4, -0.2) is 95.2 Å². The highest BCUT2D eigenvalue weighted by Crippen LogP contribution is 2.34. The quantitative estimate of drug-likeness (QED) is 0.347. The van der Waals surface area contributed by atoms with E-state index in [1.54, 1.807) is 12.1 Å². The van der Waals surface area contributed by atoms with Gasteiger partial charge in [-0.1, -0.05) is 23.2 Å². The van der Waals surface area contributed by atoms with Crippen molar-refractivity contribution in [2.75, 3.05) is 44.6 Å². The lowest BCUT2D eigenvalue weighted by atomic mass is 9.97. The number of hydrogen-bond donors (Lipinski definition) is 2. The summed E-state index contributed by atoms with van der Waals surface area (Å²) in [6, 6.07) is 3.52. The Hall–Kier alpha value is -1.50. The van der Waals surface area contributed by atoms with Gasteiger partial charge in [0.25, 0.3) is 11.8 Å². The second-order valence-electron chi connectivity index (χ2n) is 10.1. The molecule has 0 bridgehead atoms. The first-order valence-electron chi connectivity index (χ1n) is 12.4. The third-order valence-corrected chi connectivity index (χ3v) is 8.32. The number of nitrogens with one attached hydrogen (secondary N) is 1. The van der Waals surface area contributed by atoms with Gasteiger partial charge in [0.2, 0.25) is 5.91 Å². The molecule has 0 radical (unpaired) electrons. The first kappa shape index (κ1) is 29.5. The molecule has 0 saturated carbocycles. The number of thiol groups is 1. The molecule has 14 heteroatoms. The normalized spacial score (nSPS) is 22.2. The highest BCUT2D eigenvalue weighted by atomic mass is 35.5. The van der Waals surface area contributed by atoms with Crippen LogP contribution in [0, 0.1) is 0 Å². The number of carbonyl (C=O) groups excluding carboxylic acids is 2. The Morgan fingerprint density at radius 1 is 1.03 bits per heavy atom. The third-order valence-electron chi connectivity index (χ3n) is 7.32. The van der Waals surface area contributed by atoms with Gasteiger partial charge in [-0.2, -0.15) is 25.8 Å². The maximum Gasteiger partial charge on any atom is 0.390 e. The number of rotatable bonds is 6. The van der Waals surface area contributed by atoms with Crippen LogP contribution < -0.4 is 5.32 Å². The minimum Gasteiger partial charge on any atom is -0.380 e. The fourth-order valence-electron chi connectivity index (χ4n) is 5.16. The Morgan fingerprint density at radius 3 is 2.11 bits per heavy atom. The molecule has 1 N–H and O–H groups in total. The van der Waals surface area contributed by atoms with Crippen LogP contribution in [0.3, 0.4) is 0 Å². The Morgan fingerprint density at radius 2 is 1.58 bits per heavy atom. The monoisotopic (exact) mass is 602 g/mol. The second kappa shape index (κ2) is 11.5. The summed E-state index contributed by atoms with van der Waals surface area (Å²) < 4.78 is 64.6. The molecule has 0 spiro atoms. The summed E-state index contributed by atoms with van der Waals surface area (Å²) in [6.45, 7) is 2.10. The van der Waals surface area contributed by atoms with E-state index in [2.05, 4.69) is 22.8 Å². The zero-order chi connectivity index (χ0) is 27.8. The van der Waals surface area contributed by atoms with Crippen molar-refractivity contribution in [1.29, 1.82) is 0 Å². The van der Waals surface area contributed by atoms with Gasteiger partial charge in [-0.25, -0.2) is 8.78 Å². The number of anilines is 1. The molecule has 4 rings (SSSR count). The molecule has 1 atom stereocenters. The standard InChI is InChI=1S/C24H29Cl2F5N4O2S/c25-17-9-14(10-18(26)20(17)22(37)34-7-3-23(27,28)4-8-34)32-15-12-35(13-15)16-1-5-33(6-2-16)21(36)19(38)11-24(29,30)31/h9-10,15-16,19,32,38H,1-8,11-13H2. The summed E-state index contributed by atoms with van der Waals surface area (Å²) in [5, 5.41) is 2.24. The van der Waals surface area contributed by atoms with Gasteiger partial charge in [0.05, 0.1) is 33.3 Å². The first-order chi connectivity index (χ1) is 17.7. The molecule has 1 aromatic carbocycles. The van der Waals surface area contributed by atoms with Gasteiger partial charge < -0.3 is 15.1 Å². The predicted molar refractivity (Wildman–Crippen MR) is 139 cm³/mol.